The van der Waals surface area contributed by atoms with Crippen LogP contribution in [-0.4, -0.2) is 0 Å². The molecule has 0 N–H and O–H groups in total. The number of rotatable bonds is 3. The maximum Gasteiger partial charge on any atom is 0.0726 e. The first kappa shape index (κ1) is 34.6. The standard InChI is InChI=1S/C56H46N2/c1-7-8-26-40-36(2)50-44(32-34-46-52(50)57(37-21-11-9-12-22-37)48-30-19-17-28-42(48)54(46,3)4)56(40)41-27-16-15-25-39(41)51-45(56)33-35-47-53(51)58(38-23-13-10-14-24-38)49-31-20-18-29-43(49)55(47,5)6/h7-35H,2H2,1,3-6H3/b8-7-,40-26+. The molecule has 0 bridgehead atoms. The van der Waals surface area contributed by atoms with E-state index in [0.717, 1.165) is 16.9 Å². The van der Waals surface area contributed by atoms with Crippen molar-refractivity contribution in [2.24, 2.45) is 0 Å². The van der Waals surface area contributed by atoms with Crippen molar-refractivity contribution in [3.8, 4) is 11.1 Å². The zero-order valence-corrected chi connectivity index (χ0v) is 33.8. The second-order valence-electron chi connectivity index (χ2n) is 17.3. The third kappa shape index (κ3) is 4.27. The van der Waals surface area contributed by atoms with E-state index in [9.17, 15) is 0 Å². The van der Waals surface area contributed by atoms with Gasteiger partial charge in [-0.2, -0.15) is 0 Å². The molecule has 0 amide bonds. The fourth-order valence-corrected chi connectivity index (χ4v) is 11.2. The fraction of sp³-hybridized carbons (Fsp3) is 0.143. The molecule has 7 aromatic rings. The van der Waals surface area contributed by atoms with Gasteiger partial charge in [0.25, 0.3) is 0 Å². The summed E-state index contributed by atoms with van der Waals surface area (Å²) >= 11 is 0. The average Bonchev–Trinajstić information content (AvgIpc) is 3.69. The van der Waals surface area contributed by atoms with Crippen LogP contribution in [0, 0.1) is 0 Å². The van der Waals surface area contributed by atoms with Gasteiger partial charge in [0, 0.05) is 33.3 Å². The lowest BCUT2D eigenvalue weighted by molar-refractivity contribution is 0.630. The van der Waals surface area contributed by atoms with E-state index >= 15 is 0 Å². The minimum atomic E-state index is -0.602. The van der Waals surface area contributed by atoms with Crippen LogP contribution >= 0.6 is 0 Å². The van der Waals surface area contributed by atoms with Crippen LogP contribution in [0.25, 0.3) is 16.7 Å². The number of fused-ring (bicyclic) bond motifs is 13. The van der Waals surface area contributed by atoms with Crippen LogP contribution in [0.3, 0.4) is 0 Å². The Balaban J connectivity index is 1.29. The molecule has 2 heteroatoms. The van der Waals surface area contributed by atoms with Crippen LogP contribution in [-0.2, 0) is 16.2 Å². The van der Waals surface area contributed by atoms with Crippen LogP contribution in [0.4, 0.5) is 34.1 Å². The largest absolute Gasteiger partial charge is 0.309 e. The van der Waals surface area contributed by atoms with Crippen molar-refractivity contribution >= 4 is 39.7 Å². The highest BCUT2D eigenvalue weighted by molar-refractivity contribution is 6.09. The highest BCUT2D eigenvalue weighted by Gasteiger charge is 2.57. The molecular weight excluding hydrogens is 701 g/mol. The minimum absolute atomic E-state index is 0.230. The summed E-state index contributed by atoms with van der Waals surface area (Å²) in [5.74, 6) is 0. The van der Waals surface area contributed by atoms with Crippen molar-refractivity contribution in [1.82, 2.24) is 0 Å². The Morgan fingerprint density at radius 3 is 1.41 bits per heavy atom. The molecule has 2 heterocycles. The number of para-hydroxylation sites is 4. The molecule has 0 radical (unpaired) electrons. The monoisotopic (exact) mass is 746 g/mol. The predicted octanol–water partition coefficient (Wildman–Crippen LogP) is 14.7. The van der Waals surface area contributed by atoms with E-state index in [1.165, 1.54) is 84.0 Å². The lowest BCUT2D eigenvalue weighted by Crippen LogP contribution is -2.33. The average molecular weight is 747 g/mol. The van der Waals surface area contributed by atoms with Crippen molar-refractivity contribution in [1.29, 1.82) is 0 Å². The van der Waals surface area contributed by atoms with Gasteiger partial charge in [-0.15, -0.1) is 0 Å². The van der Waals surface area contributed by atoms with Gasteiger partial charge in [0.05, 0.1) is 28.2 Å². The highest BCUT2D eigenvalue weighted by atomic mass is 15.2. The highest BCUT2D eigenvalue weighted by Crippen LogP contribution is 2.69. The first-order chi connectivity index (χ1) is 28.2. The second kappa shape index (κ2) is 12.2. The summed E-state index contributed by atoms with van der Waals surface area (Å²) in [4.78, 5) is 5.05. The molecule has 0 aromatic heterocycles. The van der Waals surface area contributed by atoms with Gasteiger partial charge in [-0.05, 0) is 99.0 Å². The first-order valence-electron chi connectivity index (χ1n) is 20.6. The molecule has 0 fully saturated rings. The number of nitrogens with zero attached hydrogens (tertiary/aromatic N) is 2. The second-order valence-corrected chi connectivity index (χ2v) is 17.3. The van der Waals surface area contributed by atoms with Gasteiger partial charge in [0.1, 0.15) is 0 Å². The number of hydrogen-bond acceptors (Lipinski definition) is 2. The van der Waals surface area contributed by atoms with E-state index in [1.807, 2.05) is 0 Å². The molecule has 0 saturated carbocycles. The maximum absolute atomic E-state index is 5.10. The molecule has 280 valence electrons. The van der Waals surface area contributed by atoms with Crippen molar-refractivity contribution < 1.29 is 0 Å². The summed E-state index contributed by atoms with van der Waals surface area (Å²) in [6.07, 6.45) is 6.71. The Morgan fingerprint density at radius 2 is 0.879 bits per heavy atom. The fourth-order valence-electron chi connectivity index (χ4n) is 11.2. The number of allylic oxidation sites excluding steroid dienone is 5. The van der Waals surface area contributed by atoms with Gasteiger partial charge in [-0.3, -0.25) is 0 Å². The molecule has 1 atom stereocenters. The van der Waals surface area contributed by atoms with Gasteiger partial charge in [-0.1, -0.05) is 174 Å². The minimum Gasteiger partial charge on any atom is -0.309 e. The summed E-state index contributed by atoms with van der Waals surface area (Å²) in [5.41, 5.74) is 21.5. The Kier molecular flexibility index (Phi) is 7.27. The number of benzene rings is 7. The predicted molar refractivity (Wildman–Crippen MR) is 244 cm³/mol. The normalized spacial score (nSPS) is 19.4. The summed E-state index contributed by atoms with van der Waals surface area (Å²) < 4.78 is 0. The van der Waals surface area contributed by atoms with E-state index in [1.54, 1.807) is 0 Å². The van der Waals surface area contributed by atoms with Crippen LogP contribution in [0.1, 0.15) is 79.1 Å². The summed E-state index contributed by atoms with van der Waals surface area (Å²) in [6.45, 7) is 16.8. The molecule has 0 saturated heterocycles. The van der Waals surface area contributed by atoms with Crippen molar-refractivity contribution in [2.75, 3.05) is 9.80 Å². The lowest BCUT2D eigenvalue weighted by atomic mass is 9.67. The Morgan fingerprint density at radius 1 is 0.448 bits per heavy atom. The lowest BCUT2D eigenvalue weighted by Gasteiger charge is -2.44. The smallest absolute Gasteiger partial charge is 0.0726 e. The third-order valence-corrected chi connectivity index (χ3v) is 13.7. The molecule has 2 aliphatic heterocycles. The zero-order chi connectivity index (χ0) is 39.6. The van der Waals surface area contributed by atoms with Gasteiger partial charge < -0.3 is 9.80 Å². The molecular formula is C56H46N2. The number of anilines is 6. The van der Waals surface area contributed by atoms with Crippen molar-refractivity contribution in [2.45, 2.75) is 50.9 Å². The molecule has 7 aromatic carbocycles. The molecule has 2 aliphatic carbocycles. The Hall–Kier alpha value is -6.64. The van der Waals surface area contributed by atoms with Gasteiger partial charge >= 0.3 is 0 Å². The van der Waals surface area contributed by atoms with E-state index in [4.69, 9.17) is 6.58 Å². The summed E-state index contributed by atoms with van der Waals surface area (Å²) in [6, 6.07) is 58.8. The zero-order valence-electron chi connectivity index (χ0n) is 33.8. The van der Waals surface area contributed by atoms with E-state index in [-0.39, 0.29) is 10.8 Å². The first-order valence-corrected chi connectivity index (χ1v) is 20.6. The SMILES string of the molecule is C=C1/C(=C\C=C/C)C2(c3ccccc3-c3c2ccc2c3N(c3ccccc3)c3ccccc3C2(C)C)c2ccc3c(c21)N(c1ccccc1)c1ccccc1C3(C)C. The Labute approximate surface area is 342 Å². The molecule has 4 aliphatic rings. The molecule has 11 rings (SSSR count). The van der Waals surface area contributed by atoms with Crippen LogP contribution < -0.4 is 9.80 Å². The molecule has 1 spiro atoms. The Bertz CT molecular complexity index is 2930. The van der Waals surface area contributed by atoms with Crippen LogP contribution in [0.15, 0.2) is 188 Å². The van der Waals surface area contributed by atoms with Gasteiger partial charge in [0.2, 0.25) is 0 Å². The molecule has 58 heavy (non-hydrogen) atoms. The van der Waals surface area contributed by atoms with Gasteiger partial charge in [-0.25, -0.2) is 0 Å². The summed E-state index contributed by atoms with van der Waals surface area (Å²) in [5, 5.41) is 0. The molecule has 2 nitrogen and oxygen atoms in total. The maximum atomic E-state index is 5.10. The molecule has 1 unspecified atom stereocenters. The van der Waals surface area contributed by atoms with Crippen LogP contribution in [0.5, 0.6) is 0 Å². The van der Waals surface area contributed by atoms with E-state index in [0.29, 0.717) is 0 Å². The van der Waals surface area contributed by atoms with E-state index in [2.05, 4.69) is 220 Å². The topological polar surface area (TPSA) is 6.48 Å². The van der Waals surface area contributed by atoms with E-state index < -0.39 is 5.41 Å². The summed E-state index contributed by atoms with van der Waals surface area (Å²) in [7, 11) is 0. The number of hydrogen-bond donors (Lipinski definition) is 0. The van der Waals surface area contributed by atoms with Crippen molar-refractivity contribution in [3.05, 3.63) is 233 Å². The van der Waals surface area contributed by atoms with Crippen molar-refractivity contribution in [3.63, 3.8) is 0 Å². The van der Waals surface area contributed by atoms with Crippen LogP contribution in [0.2, 0.25) is 0 Å². The quantitative estimate of drug-likeness (QED) is 0.178. The third-order valence-electron chi connectivity index (χ3n) is 13.7. The van der Waals surface area contributed by atoms with Gasteiger partial charge in [0.15, 0.2) is 0 Å².